The van der Waals surface area contributed by atoms with E-state index in [2.05, 4.69) is 47.7 Å². The van der Waals surface area contributed by atoms with Crippen molar-refractivity contribution in [1.82, 2.24) is 0 Å². The summed E-state index contributed by atoms with van der Waals surface area (Å²) in [5.74, 6) is -0.685. The zero-order valence-electron chi connectivity index (χ0n) is 25.0. The van der Waals surface area contributed by atoms with Crippen LogP contribution in [0.5, 0.6) is 0 Å². The molecule has 34 heavy (non-hydrogen) atoms. The summed E-state index contributed by atoms with van der Waals surface area (Å²) in [7, 11) is -1.21. The van der Waals surface area contributed by atoms with Gasteiger partial charge in [-0.2, -0.15) is 0 Å². The van der Waals surface area contributed by atoms with E-state index in [4.69, 9.17) is 14.2 Å². The molecule has 0 aliphatic heterocycles. The van der Waals surface area contributed by atoms with Crippen LogP contribution in [-0.2, 0) is 23.8 Å². The Morgan fingerprint density at radius 1 is 0.676 bits per heavy atom. The predicted molar refractivity (Wildman–Crippen MR) is 148 cm³/mol. The van der Waals surface area contributed by atoms with Crippen molar-refractivity contribution in [3.63, 3.8) is 0 Å². The molecule has 1 atom stereocenters. The minimum absolute atomic E-state index is 0.0601. The first-order chi connectivity index (χ1) is 15.0. The van der Waals surface area contributed by atoms with E-state index in [1.165, 1.54) is 6.16 Å². The maximum atomic E-state index is 13.4. The molecule has 204 valence electrons. The average molecular weight is 505 g/mol. The summed E-state index contributed by atoms with van der Waals surface area (Å²) in [6, 6.07) is 0. The van der Waals surface area contributed by atoms with Crippen molar-refractivity contribution in [2.24, 2.45) is 21.7 Å². The molecule has 0 saturated carbocycles. The number of carbonyl (C=O) groups excluding carboxylic acids is 2. The van der Waals surface area contributed by atoms with E-state index < -0.39 is 18.1 Å². The summed E-state index contributed by atoms with van der Waals surface area (Å²) in [4.78, 5) is 26.0. The molecule has 0 N–H and O–H groups in total. The van der Waals surface area contributed by atoms with Crippen molar-refractivity contribution in [3.05, 3.63) is 0 Å². The molecule has 0 heterocycles. The summed E-state index contributed by atoms with van der Waals surface area (Å²) < 4.78 is 17.6. The average Bonchev–Trinajstić information content (AvgIpc) is 2.65. The second-order valence-electron chi connectivity index (χ2n) is 14.6. The molecule has 0 aromatic carbocycles. The molecule has 0 aliphatic rings. The number of ether oxygens (including phenoxy) is 3. The fraction of sp³-hybridized carbons (Fsp3) is 0.929. The molecule has 0 radical (unpaired) electrons. The van der Waals surface area contributed by atoms with Gasteiger partial charge in [0.1, 0.15) is 0 Å². The van der Waals surface area contributed by atoms with E-state index in [0.29, 0.717) is 13.0 Å². The molecule has 0 aromatic heterocycles. The second kappa shape index (κ2) is 12.0. The van der Waals surface area contributed by atoms with Gasteiger partial charge in [0, 0.05) is 0 Å². The van der Waals surface area contributed by atoms with Crippen LogP contribution in [0, 0.1) is 21.7 Å². The molecule has 0 spiro atoms. The first-order valence-electron chi connectivity index (χ1n) is 13.0. The first kappa shape index (κ1) is 33.3. The third kappa shape index (κ3) is 12.3. The minimum atomic E-state index is -1.21. The summed E-state index contributed by atoms with van der Waals surface area (Å²) in [5, 5.41) is 0. The fourth-order valence-corrected chi connectivity index (χ4v) is 7.46. The Kier molecular flexibility index (Phi) is 11.8. The molecular weight excluding hydrogens is 447 g/mol. The van der Waals surface area contributed by atoms with Crippen LogP contribution in [0.3, 0.4) is 0 Å². The van der Waals surface area contributed by atoms with Crippen LogP contribution in [0.15, 0.2) is 0 Å². The molecule has 1 unspecified atom stereocenters. The van der Waals surface area contributed by atoms with Gasteiger partial charge in [-0.05, 0) is 20.3 Å². The first-order valence-corrected chi connectivity index (χ1v) is 16.7. The third-order valence-corrected chi connectivity index (χ3v) is 8.66. The fourth-order valence-electron chi connectivity index (χ4n) is 4.46. The van der Waals surface area contributed by atoms with Crippen LogP contribution in [0.25, 0.3) is 0 Å². The molecule has 0 amide bonds. The molecule has 0 fully saturated rings. The topological polar surface area (TPSA) is 61.8 Å². The van der Waals surface area contributed by atoms with E-state index >= 15 is 0 Å². The van der Waals surface area contributed by atoms with E-state index in [-0.39, 0.29) is 41.6 Å². The summed E-state index contributed by atoms with van der Waals surface area (Å²) in [6.45, 7) is 30.0. The van der Waals surface area contributed by atoms with Crippen molar-refractivity contribution in [3.8, 4) is 0 Å². The van der Waals surface area contributed by atoms with Crippen LogP contribution in [0.2, 0.25) is 0 Å². The van der Waals surface area contributed by atoms with Gasteiger partial charge < -0.3 is 0 Å². The maximum absolute atomic E-state index is 13.4. The van der Waals surface area contributed by atoms with E-state index in [1.54, 1.807) is 6.92 Å². The zero-order valence-corrected chi connectivity index (χ0v) is 26.0. The Hall–Kier alpha value is -0.670. The van der Waals surface area contributed by atoms with Gasteiger partial charge in [-0.15, -0.1) is 0 Å². The van der Waals surface area contributed by atoms with Crippen LogP contribution < -0.4 is 0 Å². The number of esters is 2. The van der Waals surface area contributed by atoms with Crippen LogP contribution in [-0.4, -0.2) is 63.5 Å². The Balaban J connectivity index is 5.45. The Morgan fingerprint density at radius 2 is 1.18 bits per heavy atom. The number of carbonyl (C=O) groups is 2. The van der Waals surface area contributed by atoms with Crippen molar-refractivity contribution >= 4 is 19.2 Å². The number of rotatable bonds is 15. The summed E-state index contributed by atoms with van der Waals surface area (Å²) in [6.07, 6.45) is 3.65. The summed E-state index contributed by atoms with van der Waals surface area (Å²) in [5.41, 5.74) is -2.04. The quantitative estimate of drug-likeness (QED) is 0.181. The Morgan fingerprint density at radius 3 is 1.62 bits per heavy atom. The van der Waals surface area contributed by atoms with Gasteiger partial charge in [-0.25, -0.2) is 0 Å². The van der Waals surface area contributed by atoms with E-state index in [0.717, 1.165) is 12.8 Å². The molecule has 0 aliphatic carbocycles. The molecule has 6 heteroatoms. The standard InChI is InChI=1S/C28H57O5P/c1-15-26(7,8)22(29)32-19-28(11,20-33-27(9,10)16-2)23(30)31-18-24(3,4)17-25(5,6)21-34(12,13)14/h34H,15-21H2,1-14H3. The Labute approximate surface area is 211 Å². The van der Waals surface area contributed by atoms with Crippen molar-refractivity contribution in [2.45, 2.75) is 101 Å². The van der Waals surface area contributed by atoms with Gasteiger partial charge in [0.05, 0.1) is 0 Å². The van der Waals surface area contributed by atoms with Crippen molar-refractivity contribution in [1.29, 1.82) is 0 Å². The SMILES string of the molecule is CCC(C)(C)OCC(C)(COC(=O)C(C)(C)CC)C(=O)OCC(C)(C)CC(C)(C)C[PH](C)(C)C. The molecule has 0 rings (SSSR count). The van der Waals surface area contributed by atoms with Gasteiger partial charge in [0.25, 0.3) is 0 Å². The van der Waals surface area contributed by atoms with Crippen LogP contribution >= 0.6 is 7.26 Å². The van der Waals surface area contributed by atoms with Crippen LogP contribution in [0.4, 0.5) is 0 Å². The number of hydrogen-bond donors (Lipinski definition) is 0. The van der Waals surface area contributed by atoms with Gasteiger partial charge in [-0.1, -0.05) is 13.8 Å². The summed E-state index contributed by atoms with van der Waals surface area (Å²) >= 11 is 0. The van der Waals surface area contributed by atoms with Crippen LogP contribution in [0.1, 0.15) is 95.4 Å². The molecule has 0 bridgehead atoms. The molecule has 5 nitrogen and oxygen atoms in total. The molecular formula is C28H57O5P. The van der Waals surface area contributed by atoms with Crippen molar-refractivity contribution in [2.75, 3.05) is 46.0 Å². The van der Waals surface area contributed by atoms with Gasteiger partial charge >= 0.3 is 178 Å². The van der Waals surface area contributed by atoms with E-state index in [9.17, 15) is 9.59 Å². The normalized spacial score (nSPS) is 16.1. The van der Waals surface area contributed by atoms with Gasteiger partial charge in [0.2, 0.25) is 0 Å². The van der Waals surface area contributed by atoms with Crippen molar-refractivity contribution < 1.29 is 23.8 Å². The Bertz CT molecular complexity index is 673. The zero-order chi connectivity index (χ0) is 27.2. The second-order valence-corrected chi connectivity index (χ2v) is 20.1. The predicted octanol–water partition coefficient (Wildman–Crippen LogP) is 6.80. The molecule has 0 aromatic rings. The third-order valence-electron chi connectivity index (χ3n) is 6.64. The monoisotopic (exact) mass is 504 g/mol. The van der Waals surface area contributed by atoms with Gasteiger partial charge in [0.15, 0.2) is 0 Å². The van der Waals surface area contributed by atoms with E-state index in [1.807, 2.05) is 41.5 Å². The van der Waals surface area contributed by atoms with Gasteiger partial charge in [-0.3, -0.25) is 0 Å². The number of hydrogen-bond acceptors (Lipinski definition) is 5. The molecule has 0 saturated heterocycles.